The Kier molecular flexibility index (Phi) is 8.01. The van der Waals surface area contributed by atoms with Crippen LogP contribution in [0.5, 0.6) is 0 Å². The third kappa shape index (κ3) is 5.85. The Hall–Kier alpha value is -3.00. The number of amides is 1. The van der Waals surface area contributed by atoms with Gasteiger partial charge in [0.25, 0.3) is 0 Å². The quantitative estimate of drug-likeness (QED) is 0.827. The van der Waals surface area contributed by atoms with Gasteiger partial charge in [-0.15, -0.1) is 0 Å². The van der Waals surface area contributed by atoms with E-state index in [0.717, 1.165) is 11.1 Å². The minimum atomic E-state index is -0.269. The summed E-state index contributed by atoms with van der Waals surface area (Å²) in [5.74, 6) is -0.407. The van der Waals surface area contributed by atoms with Crippen molar-refractivity contribution < 1.29 is 9.59 Å². The summed E-state index contributed by atoms with van der Waals surface area (Å²) in [7, 11) is 0. The number of carbonyl (C=O) groups excluding carboxylic acids is 2. The van der Waals surface area contributed by atoms with Crippen LogP contribution in [0.4, 0.5) is 5.69 Å². The van der Waals surface area contributed by atoms with Gasteiger partial charge in [0.05, 0.1) is 17.3 Å². The zero-order valence-corrected chi connectivity index (χ0v) is 15.1. The van der Waals surface area contributed by atoms with Gasteiger partial charge in [0.15, 0.2) is 5.78 Å². The van der Waals surface area contributed by atoms with E-state index in [9.17, 15) is 9.59 Å². The summed E-state index contributed by atoms with van der Waals surface area (Å²) in [5.41, 5.74) is 2.70. The minimum Gasteiger partial charge on any atom is -0.324 e. The second-order valence-corrected chi connectivity index (χ2v) is 5.48. The highest BCUT2D eigenvalue weighted by Crippen LogP contribution is 2.25. The van der Waals surface area contributed by atoms with Crippen LogP contribution in [0.1, 0.15) is 56.6 Å². The Morgan fingerprint density at radius 1 is 1.16 bits per heavy atom. The average Bonchev–Trinajstić information content (AvgIpc) is 2.61. The number of Topliss-reactive ketones (excluding diaryl/α,β-unsaturated/α-hetero) is 1. The number of anilines is 1. The first-order valence-electron chi connectivity index (χ1n) is 8.28. The van der Waals surface area contributed by atoms with Crippen molar-refractivity contribution in [1.29, 1.82) is 5.26 Å². The molecule has 0 fully saturated rings. The van der Waals surface area contributed by atoms with E-state index in [2.05, 4.69) is 30.2 Å². The molecule has 0 saturated carbocycles. The summed E-state index contributed by atoms with van der Waals surface area (Å²) in [6.07, 6.45) is 3.13. The van der Waals surface area contributed by atoms with Crippen LogP contribution in [0.3, 0.4) is 0 Å². The van der Waals surface area contributed by atoms with E-state index in [0.29, 0.717) is 17.7 Å². The van der Waals surface area contributed by atoms with Gasteiger partial charge in [-0.25, -0.2) is 0 Å². The van der Waals surface area contributed by atoms with Gasteiger partial charge in [-0.2, -0.15) is 5.26 Å². The van der Waals surface area contributed by atoms with Crippen molar-refractivity contribution in [2.45, 2.75) is 40.5 Å². The number of nitrogens with one attached hydrogen (secondary N) is 1. The molecule has 1 aromatic carbocycles. The van der Waals surface area contributed by atoms with Crippen LogP contribution in [0, 0.1) is 11.3 Å². The molecule has 5 nitrogen and oxygen atoms in total. The van der Waals surface area contributed by atoms with Crippen LogP contribution in [-0.2, 0) is 4.79 Å². The number of pyridine rings is 1. The molecular formula is C20H23N3O2. The second-order valence-electron chi connectivity index (χ2n) is 5.48. The number of rotatable bonds is 4. The van der Waals surface area contributed by atoms with Crippen molar-refractivity contribution in [3.63, 3.8) is 0 Å². The zero-order valence-electron chi connectivity index (χ0n) is 15.1. The van der Waals surface area contributed by atoms with Gasteiger partial charge in [-0.05, 0) is 23.8 Å². The summed E-state index contributed by atoms with van der Waals surface area (Å²) in [4.78, 5) is 27.4. The molecule has 1 heterocycles. The molecule has 5 heteroatoms. The molecule has 0 aliphatic carbocycles. The summed E-state index contributed by atoms with van der Waals surface area (Å²) in [6.45, 7) is 7.37. The number of benzene rings is 1. The van der Waals surface area contributed by atoms with E-state index < -0.39 is 0 Å². The highest BCUT2D eigenvalue weighted by molar-refractivity contribution is 6.03. The van der Waals surface area contributed by atoms with Gasteiger partial charge < -0.3 is 5.32 Å². The number of hydrogen-bond donors (Lipinski definition) is 1. The Balaban J connectivity index is 0.000000970. The summed E-state index contributed by atoms with van der Waals surface area (Å²) >= 11 is 0. The number of carbonyl (C=O) groups is 2. The number of hydrogen-bond acceptors (Lipinski definition) is 4. The van der Waals surface area contributed by atoms with Crippen molar-refractivity contribution in [2.24, 2.45) is 0 Å². The molecule has 130 valence electrons. The molecule has 0 radical (unpaired) electrons. The smallest absolute Gasteiger partial charge is 0.221 e. The van der Waals surface area contributed by atoms with Crippen LogP contribution < -0.4 is 5.32 Å². The summed E-state index contributed by atoms with van der Waals surface area (Å²) in [6, 6.07) is 10.8. The first-order chi connectivity index (χ1) is 12.0. The largest absolute Gasteiger partial charge is 0.324 e. The monoisotopic (exact) mass is 337 g/mol. The molecule has 0 atom stereocenters. The number of ketones is 1. The highest BCUT2D eigenvalue weighted by atomic mass is 16.1. The molecule has 0 spiro atoms. The average molecular weight is 337 g/mol. The Morgan fingerprint density at radius 3 is 2.40 bits per heavy atom. The Bertz CT molecular complexity index is 792. The molecule has 0 aliphatic heterocycles. The predicted molar refractivity (Wildman–Crippen MR) is 99.3 cm³/mol. The molecule has 0 bridgehead atoms. The molecule has 1 aromatic heterocycles. The maximum absolute atomic E-state index is 11.9. The van der Waals surface area contributed by atoms with Crippen LogP contribution >= 0.6 is 0 Å². The fourth-order valence-corrected chi connectivity index (χ4v) is 2.07. The molecule has 1 N–H and O–H groups in total. The first kappa shape index (κ1) is 20.0. The van der Waals surface area contributed by atoms with Gasteiger partial charge in [-0.1, -0.05) is 39.3 Å². The Morgan fingerprint density at radius 2 is 1.84 bits per heavy atom. The molecule has 1 amide bonds. The lowest BCUT2D eigenvalue weighted by atomic mass is 10.0. The third-order valence-corrected chi connectivity index (χ3v) is 3.11. The topological polar surface area (TPSA) is 82.8 Å². The zero-order chi connectivity index (χ0) is 18.8. The first-order valence-corrected chi connectivity index (χ1v) is 8.28. The van der Waals surface area contributed by atoms with E-state index in [1.165, 1.54) is 13.3 Å². The molecule has 2 aromatic rings. The molecule has 0 saturated heterocycles. The van der Waals surface area contributed by atoms with Gasteiger partial charge in [-0.3, -0.25) is 14.6 Å². The van der Waals surface area contributed by atoms with Crippen molar-refractivity contribution in [3.05, 3.63) is 47.8 Å². The second kappa shape index (κ2) is 9.99. The van der Waals surface area contributed by atoms with Crippen LogP contribution in [0.15, 0.2) is 36.5 Å². The predicted octanol–water partition coefficient (Wildman–Crippen LogP) is 4.59. The highest BCUT2D eigenvalue weighted by Gasteiger charge is 2.14. The van der Waals surface area contributed by atoms with Gasteiger partial charge in [0.2, 0.25) is 5.91 Å². The lowest BCUT2D eigenvalue weighted by Crippen LogP contribution is -2.12. The SMILES string of the molecule is CCC.CCC(=O)c1ncc(-c2cccc(C#N)c2)cc1NC(C)=O. The minimum absolute atomic E-state index is 0.138. The van der Waals surface area contributed by atoms with Gasteiger partial charge in [0, 0.05) is 25.1 Å². The number of nitrogens with zero attached hydrogens (tertiary/aromatic N) is 2. The van der Waals surface area contributed by atoms with E-state index in [1.807, 2.05) is 6.07 Å². The van der Waals surface area contributed by atoms with E-state index in [1.54, 1.807) is 37.4 Å². The maximum Gasteiger partial charge on any atom is 0.221 e. The molecular weight excluding hydrogens is 314 g/mol. The van der Waals surface area contributed by atoms with E-state index in [4.69, 9.17) is 5.26 Å². The van der Waals surface area contributed by atoms with Crippen LogP contribution in [0.2, 0.25) is 0 Å². The van der Waals surface area contributed by atoms with Crippen molar-refractivity contribution in [1.82, 2.24) is 4.98 Å². The fourth-order valence-electron chi connectivity index (χ4n) is 2.07. The number of aromatic nitrogens is 1. The normalized spacial score (nSPS) is 9.40. The summed E-state index contributed by atoms with van der Waals surface area (Å²) in [5, 5.41) is 11.6. The van der Waals surface area contributed by atoms with E-state index in [-0.39, 0.29) is 17.4 Å². The van der Waals surface area contributed by atoms with Crippen molar-refractivity contribution in [3.8, 4) is 17.2 Å². The Labute approximate surface area is 148 Å². The van der Waals surface area contributed by atoms with Crippen molar-refractivity contribution in [2.75, 3.05) is 5.32 Å². The summed E-state index contributed by atoms with van der Waals surface area (Å²) < 4.78 is 0. The molecule has 0 unspecified atom stereocenters. The van der Waals surface area contributed by atoms with Crippen LogP contribution in [-0.4, -0.2) is 16.7 Å². The standard InChI is InChI=1S/C17H15N3O2.C3H8/c1-3-16(22)17-15(20-11(2)21)8-14(10-19-17)13-6-4-5-12(7-13)9-18;1-3-2/h4-8,10H,3H2,1-2H3,(H,20,21);3H2,1-2H3. The molecule has 2 rings (SSSR count). The number of nitriles is 1. The van der Waals surface area contributed by atoms with E-state index >= 15 is 0 Å². The van der Waals surface area contributed by atoms with Gasteiger partial charge in [0.1, 0.15) is 5.69 Å². The lowest BCUT2D eigenvalue weighted by molar-refractivity contribution is -0.114. The molecule has 0 aliphatic rings. The van der Waals surface area contributed by atoms with Gasteiger partial charge >= 0.3 is 0 Å². The van der Waals surface area contributed by atoms with Crippen molar-refractivity contribution >= 4 is 17.4 Å². The fraction of sp³-hybridized carbons (Fsp3) is 0.300. The molecule has 25 heavy (non-hydrogen) atoms. The lowest BCUT2D eigenvalue weighted by Gasteiger charge is -2.10. The van der Waals surface area contributed by atoms with Crippen LogP contribution in [0.25, 0.3) is 11.1 Å². The third-order valence-electron chi connectivity index (χ3n) is 3.11. The maximum atomic E-state index is 11.9.